The molecule has 0 aliphatic carbocycles. The standard InChI is InChI=1S/C23H30N4OS/c1-6-26(14-15-28)18-10-12-19(13-11-18)27-22(29)25-21(23(27,4)5)24-20-16(2)8-7-9-17(20)3/h7-13,28H,6,14-15H2,1-5H3,(H,24,25,29). The van der Waals surface area contributed by atoms with Crippen LogP contribution in [0.15, 0.2) is 47.5 Å². The maximum atomic E-state index is 9.26. The van der Waals surface area contributed by atoms with E-state index in [-0.39, 0.29) is 6.61 Å². The summed E-state index contributed by atoms with van der Waals surface area (Å²) in [5.74, 6) is 0.847. The van der Waals surface area contributed by atoms with Gasteiger partial charge in [0.1, 0.15) is 5.84 Å². The van der Waals surface area contributed by atoms with Gasteiger partial charge in [-0.3, -0.25) is 0 Å². The first-order chi connectivity index (χ1) is 13.8. The van der Waals surface area contributed by atoms with Crippen molar-refractivity contribution in [2.75, 3.05) is 34.8 Å². The highest BCUT2D eigenvalue weighted by Crippen LogP contribution is 2.34. The Labute approximate surface area is 179 Å². The van der Waals surface area contributed by atoms with E-state index in [0.717, 1.165) is 29.4 Å². The zero-order valence-corrected chi connectivity index (χ0v) is 18.7. The second-order valence-electron chi connectivity index (χ2n) is 7.85. The largest absolute Gasteiger partial charge is 0.395 e. The Kier molecular flexibility index (Phi) is 6.24. The molecule has 2 N–H and O–H groups in total. The molecule has 1 aliphatic rings. The Balaban J connectivity index is 1.86. The topological polar surface area (TPSA) is 51.1 Å². The zero-order chi connectivity index (χ0) is 21.2. The molecule has 2 aromatic carbocycles. The van der Waals surface area contributed by atoms with Gasteiger partial charge in [-0.1, -0.05) is 18.2 Å². The van der Waals surface area contributed by atoms with Crippen LogP contribution in [0.4, 0.5) is 17.1 Å². The molecule has 6 heteroatoms. The van der Waals surface area contributed by atoms with Crippen molar-refractivity contribution >= 4 is 40.2 Å². The van der Waals surface area contributed by atoms with Gasteiger partial charge in [-0.05, 0) is 82.2 Å². The van der Waals surface area contributed by atoms with Crippen LogP contribution in [0, 0.1) is 13.8 Å². The van der Waals surface area contributed by atoms with Gasteiger partial charge in [0, 0.05) is 30.2 Å². The molecule has 0 fully saturated rings. The molecule has 3 rings (SSSR count). The number of rotatable bonds is 6. The number of amidine groups is 1. The van der Waals surface area contributed by atoms with E-state index in [1.807, 2.05) is 0 Å². The molecule has 5 nitrogen and oxygen atoms in total. The van der Waals surface area contributed by atoms with E-state index in [4.69, 9.17) is 17.2 Å². The average Bonchev–Trinajstić information content (AvgIpc) is 2.91. The Morgan fingerprint density at radius 1 is 1.10 bits per heavy atom. The fourth-order valence-corrected chi connectivity index (χ4v) is 4.20. The minimum atomic E-state index is -0.400. The molecule has 0 aromatic heterocycles. The van der Waals surface area contributed by atoms with Gasteiger partial charge in [-0.25, -0.2) is 4.99 Å². The van der Waals surface area contributed by atoms with Crippen molar-refractivity contribution < 1.29 is 5.11 Å². The van der Waals surface area contributed by atoms with Gasteiger partial charge in [0.15, 0.2) is 0 Å². The van der Waals surface area contributed by atoms with Gasteiger partial charge in [0.05, 0.1) is 12.1 Å². The number of para-hydroxylation sites is 1. The number of hydrogen-bond donors (Lipinski definition) is 2. The van der Waals surface area contributed by atoms with Crippen LogP contribution in [0.25, 0.3) is 0 Å². The van der Waals surface area contributed by atoms with Crippen molar-refractivity contribution in [2.45, 2.75) is 40.2 Å². The van der Waals surface area contributed by atoms with Gasteiger partial charge < -0.3 is 20.2 Å². The molecule has 0 radical (unpaired) electrons. The monoisotopic (exact) mass is 410 g/mol. The number of anilines is 3. The molecule has 2 aromatic rings. The molecule has 0 unspecified atom stereocenters. The number of nitrogens with one attached hydrogen (secondary N) is 1. The number of aryl methyl sites for hydroxylation is 2. The van der Waals surface area contributed by atoms with E-state index in [2.05, 4.69) is 92.2 Å². The summed E-state index contributed by atoms with van der Waals surface area (Å²) >= 11 is 5.63. The van der Waals surface area contributed by atoms with Crippen molar-refractivity contribution in [3.8, 4) is 0 Å². The lowest BCUT2D eigenvalue weighted by Gasteiger charge is -2.34. The quantitative estimate of drug-likeness (QED) is 0.686. The average molecular weight is 411 g/mol. The lowest BCUT2D eigenvalue weighted by atomic mass is 10.00. The maximum Gasteiger partial charge on any atom is 0.202 e. The molecular weight excluding hydrogens is 380 g/mol. The third-order valence-corrected chi connectivity index (χ3v) is 5.76. The second-order valence-corrected chi connectivity index (χ2v) is 8.21. The lowest BCUT2D eigenvalue weighted by Crippen LogP contribution is -2.49. The first kappa shape index (κ1) is 21.3. The van der Waals surface area contributed by atoms with E-state index in [1.54, 1.807) is 0 Å². The summed E-state index contributed by atoms with van der Waals surface area (Å²) in [5, 5.41) is 13.4. The Bertz CT molecular complexity index is 901. The third-order valence-electron chi connectivity index (χ3n) is 5.49. The van der Waals surface area contributed by atoms with E-state index < -0.39 is 5.54 Å². The predicted molar refractivity (Wildman–Crippen MR) is 128 cm³/mol. The summed E-state index contributed by atoms with van der Waals surface area (Å²) in [6.07, 6.45) is 0. The van der Waals surface area contributed by atoms with E-state index in [1.165, 1.54) is 11.1 Å². The number of aliphatic imine (C=N–C) groups is 1. The number of thiocarbonyl (C=S) groups is 1. The smallest absolute Gasteiger partial charge is 0.202 e. The molecule has 154 valence electrons. The molecule has 0 saturated heterocycles. The minimum absolute atomic E-state index is 0.139. The molecule has 0 bridgehead atoms. The van der Waals surface area contributed by atoms with Gasteiger partial charge >= 0.3 is 0 Å². The zero-order valence-electron chi connectivity index (χ0n) is 17.9. The number of aliphatic hydroxyl groups is 1. The molecule has 0 spiro atoms. The molecule has 0 amide bonds. The van der Waals surface area contributed by atoms with Crippen LogP contribution in [0.5, 0.6) is 0 Å². The van der Waals surface area contributed by atoms with Crippen molar-refractivity contribution in [3.63, 3.8) is 0 Å². The van der Waals surface area contributed by atoms with Crippen LogP contribution < -0.4 is 15.1 Å². The van der Waals surface area contributed by atoms with Crippen LogP contribution in [0.1, 0.15) is 31.9 Å². The molecule has 1 aliphatic heterocycles. The van der Waals surface area contributed by atoms with E-state index in [9.17, 15) is 5.11 Å². The highest BCUT2D eigenvalue weighted by atomic mass is 32.1. The number of aliphatic hydroxyl groups excluding tert-OH is 1. The van der Waals surface area contributed by atoms with Gasteiger partial charge in [0.2, 0.25) is 5.11 Å². The molecule has 0 atom stereocenters. The highest BCUT2D eigenvalue weighted by molar-refractivity contribution is 7.80. The van der Waals surface area contributed by atoms with Crippen LogP contribution in [0.3, 0.4) is 0 Å². The van der Waals surface area contributed by atoms with Crippen LogP contribution >= 0.6 is 12.2 Å². The molecular formula is C23H30N4OS. The lowest BCUT2D eigenvalue weighted by molar-refractivity contribution is 0.302. The van der Waals surface area contributed by atoms with Gasteiger partial charge in [-0.15, -0.1) is 0 Å². The van der Waals surface area contributed by atoms with E-state index >= 15 is 0 Å². The SMILES string of the molecule is CCN(CCO)c1ccc(N2C(=S)N=C(Nc3c(C)cccc3C)C2(C)C)cc1. The number of benzene rings is 2. The minimum Gasteiger partial charge on any atom is -0.395 e. The number of nitrogens with zero attached hydrogens (tertiary/aromatic N) is 3. The molecule has 29 heavy (non-hydrogen) atoms. The van der Waals surface area contributed by atoms with Crippen molar-refractivity contribution in [2.24, 2.45) is 4.99 Å². The number of likely N-dealkylation sites (N-methyl/N-ethyl adjacent to an activating group) is 1. The third kappa shape index (κ3) is 4.14. The van der Waals surface area contributed by atoms with Crippen molar-refractivity contribution in [1.82, 2.24) is 0 Å². The maximum absolute atomic E-state index is 9.26. The molecule has 0 saturated carbocycles. The Morgan fingerprint density at radius 2 is 1.72 bits per heavy atom. The van der Waals surface area contributed by atoms with Crippen LogP contribution in [-0.4, -0.2) is 41.3 Å². The summed E-state index contributed by atoms with van der Waals surface area (Å²) < 4.78 is 0. The summed E-state index contributed by atoms with van der Waals surface area (Å²) in [7, 11) is 0. The van der Waals surface area contributed by atoms with E-state index in [0.29, 0.717) is 11.7 Å². The van der Waals surface area contributed by atoms with Gasteiger partial charge in [-0.2, -0.15) is 0 Å². The first-order valence-corrected chi connectivity index (χ1v) is 10.4. The van der Waals surface area contributed by atoms with Crippen LogP contribution in [-0.2, 0) is 0 Å². The highest BCUT2D eigenvalue weighted by Gasteiger charge is 2.41. The second kappa shape index (κ2) is 8.51. The normalized spacial score (nSPS) is 15.4. The van der Waals surface area contributed by atoms with Gasteiger partial charge in [0.25, 0.3) is 0 Å². The first-order valence-electron chi connectivity index (χ1n) is 10.0. The Hall–Kier alpha value is -2.44. The Morgan fingerprint density at radius 3 is 2.28 bits per heavy atom. The summed E-state index contributed by atoms with van der Waals surface area (Å²) in [6.45, 7) is 12.1. The molecule has 1 heterocycles. The summed E-state index contributed by atoms with van der Waals surface area (Å²) in [5.41, 5.74) is 5.14. The fraction of sp³-hybridized carbons (Fsp3) is 0.391. The van der Waals surface area contributed by atoms with Crippen molar-refractivity contribution in [1.29, 1.82) is 0 Å². The number of hydrogen-bond acceptors (Lipinski definition) is 4. The fourth-order valence-electron chi connectivity index (χ4n) is 3.77. The predicted octanol–water partition coefficient (Wildman–Crippen LogP) is 4.52. The summed E-state index contributed by atoms with van der Waals surface area (Å²) in [6, 6.07) is 14.5. The summed E-state index contributed by atoms with van der Waals surface area (Å²) in [4.78, 5) is 8.93. The van der Waals surface area contributed by atoms with Crippen LogP contribution in [0.2, 0.25) is 0 Å². The van der Waals surface area contributed by atoms with Crippen molar-refractivity contribution in [3.05, 3.63) is 53.6 Å².